The molecule has 3 aromatic rings. The molecule has 0 heterocycles. The van der Waals surface area contributed by atoms with Gasteiger partial charge in [-0.2, -0.15) is 13.2 Å². The average molecular weight is 527 g/mol. The monoisotopic (exact) mass is 526 g/mol. The normalized spacial score (nSPS) is 11.7. The fourth-order valence-electron chi connectivity index (χ4n) is 3.23. The molecular weight excluding hydrogens is 505 g/mol. The highest BCUT2D eigenvalue weighted by molar-refractivity contribution is 7.92. The highest BCUT2D eigenvalue weighted by atomic mass is 35.5. The summed E-state index contributed by atoms with van der Waals surface area (Å²) in [4.78, 5) is 12.8. The van der Waals surface area contributed by atoms with Gasteiger partial charge in [0.05, 0.1) is 27.8 Å². The fraction of sp³-hybridized carbons (Fsp3) is 0.208. The molecule has 0 bridgehead atoms. The number of anilines is 2. The molecule has 0 atom stereocenters. The van der Waals surface area contributed by atoms with Gasteiger partial charge in [-0.05, 0) is 56.3 Å². The number of para-hydroxylation sites is 2. The zero-order chi connectivity index (χ0) is 25.8. The Kier molecular flexibility index (Phi) is 7.97. The van der Waals surface area contributed by atoms with Gasteiger partial charge in [-0.15, -0.1) is 0 Å². The van der Waals surface area contributed by atoms with Gasteiger partial charge >= 0.3 is 6.18 Å². The van der Waals surface area contributed by atoms with Gasteiger partial charge in [0.1, 0.15) is 12.3 Å². The van der Waals surface area contributed by atoms with E-state index in [0.29, 0.717) is 6.07 Å². The molecule has 0 aromatic heterocycles. The van der Waals surface area contributed by atoms with Crippen LogP contribution in [-0.2, 0) is 21.0 Å². The molecule has 1 N–H and O–H groups in total. The van der Waals surface area contributed by atoms with Crippen LogP contribution in [0.1, 0.15) is 18.1 Å². The third-order valence-electron chi connectivity index (χ3n) is 4.89. The van der Waals surface area contributed by atoms with Gasteiger partial charge in [0, 0.05) is 5.69 Å². The number of benzene rings is 3. The van der Waals surface area contributed by atoms with Gasteiger partial charge in [-0.3, -0.25) is 9.10 Å². The molecule has 6 nitrogen and oxygen atoms in total. The molecule has 0 saturated heterocycles. The standard InChI is InChI=1S/C24H22ClF3N2O4S/c1-3-34-22-7-5-4-6-21(22)30(35(32,33)18-11-8-16(2)9-12-18)15-23(31)29-17-10-13-20(25)19(14-17)24(26,27)28/h4-14H,3,15H2,1-2H3,(H,29,31). The molecule has 0 fully saturated rings. The maximum atomic E-state index is 13.5. The molecule has 0 aliphatic carbocycles. The number of nitrogens with zero attached hydrogens (tertiary/aromatic N) is 1. The first kappa shape index (κ1) is 26.4. The Labute approximate surface area is 206 Å². The summed E-state index contributed by atoms with van der Waals surface area (Å²) in [6, 6.07) is 15.2. The minimum absolute atomic E-state index is 0.0620. The van der Waals surface area contributed by atoms with Crippen molar-refractivity contribution >= 4 is 38.9 Å². The molecule has 186 valence electrons. The Bertz CT molecular complexity index is 1310. The van der Waals surface area contributed by atoms with Crippen molar-refractivity contribution in [2.24, 2.45) is 0 Å². The average Bonchev–Trinajstić information content (AvgIpc) is 2.79. The number of nitrogens with one attached hydrogen (secondary N) is 1. The van der Waals surface area contributed by atoms with E-state index in [1.807, 2.05) is 0 Å². The van der Waals surface area contributed by atoms with E-state index in [-0.39, 0.29) is 28.6 Å². The molecule has 0 spiro atoms. The summed E-state index contributed by atoms with van der Waals surface area (Å²) in [5, 5.41) is 1.80. The lowest BCUT2D eigenvalue weighted by atomic mass is 10.2. The number of carbonyl (C=O) groups excluding carboxylic acids is 1. The molecule has 0 aliphatic heterocycles. The molecular formula is C24H22ClF3N2O4S. The van der Waals surface area contributed by atoms with Crippen molar-refractivity contribution in [2.75, 3.05) is 22.8 Å². The molecule has 11 heteroatoms. The van der Waals surface area contributed by atoms with Crippen LogP contribution in [0.4, 0.5) is 24.5 Å². The summed E-state index contributed by atoms with van der Waals surface area (Å²) in [6.07, 6.45) is -4.73. The lowest BCUT2D eigenvalue weighted by molar-refractivity contribution is -0.137. The van der Waals surface area contributed by atoms with E-state index in [0.717, 1.165) is 15.9 Å². The summed E-state index contributed by atoms with van der Waals surface area (Å²) in [6.45, 7) is 3.05. The van der Waals surface area contributed by atoms with Crippen LogP contribution >= 0.6 is 11.6 Å². The SMILES string of the molecule is CCOc1ccccc1N(CC(=O)Nc1ccc(Cl)c(C(F)(F)F)c1)S(=O)(=O)c1ccc(C)cc1. The number of hydrogen-bond acceptors (Lipinski definition) is 4. The van der Waals surface area contributed by atoms with Crippen molar-refractivity contribution in [2.45, 2.75) is 24.9 Å². The van der Waals surface area contributed by atoms with Crippen molar-refractivity contribution in [1.82, 2.24) is 0 Å². The molecule has 0 radical (unpaired) electrons. The van der Waals surface area contributed by atoms with Crippen LogP contribution in [0.2, 0.25) is 5.02 Å². The van der Waals surface area contributed by atoms with E-state index in [2.05, 4.69) is 5.32 Å². The molecule has 3 rings (SSSR count). The second-order valence-electron chi connectivity index (χ2n) is 7.47. The van der Waals surface area contributed by atoms with Crippen molar-refractivity contribution < 1.29 is 31.1 Å². The van der Waals surface area contributed by atoms with Crippen molar-refractivity contribution in [3.63, 3.8) is 0 Å². The number of carbonyl (C=O) groups is 1. The number of ether oxygens (including phenoxy) is 1. The number of sulfonamides is 1. The van der Waals surface area contributed by atoms with E-state index in [4.69, 9.17) is 16.3 Å². The third-order valence-corrected chi connectivity index (χ3v) is 6.99. The summed E-state index contributed by atoms with van der Waals surface area (Å²) in [7, 11) is -4.25. The molecule has 0 unspecified atom stereocenters. The largest absolute Gasteiger partial charge is 0.492 e. The fourth-order valence-corrected chi connectivity index (χ4v) is 4.89. The number of aryl methyl sites for hydroxylation is 1. The Morgan fingerprint density at radius 1 is 1.06 bits per heavy atom. The van der Waals surface area contributed by atoms with Crippen LogP contribution in [-0.4, -0.2) is 27.5 Å². The summed E-state index contributed by atoms with van der Waals surface area (Å²) < 4.78 is 73.1. The number of amides is 1. The second kappa shape index (κ2) is 10.6. The van der Waals surface area contributed by atoms with Gasteiger partial charge in [-0.25, -0.2) is 8.42 Å². The van der Waals surface area contributed by atoms with Gasteiger partial charge in [0.2, 0.25) is 5.91 Å². The Morgan fingerprint density at radius 3 is 2.34 bits per heavy atom. The lowest BCUT2D eigenvalue weighted by Crippen LogP contribution is -2.38. The molecule has 0 saturated carbocycles. The number of alkyl halides is 3. The molecule has 1 amide bonds. The van der Waals surface area contributed by atoms with E-state index >= 15 is 0 Å². The number of halogens is 4. The summed E-state index contributed by atoms with van der Waals surface area (Å²) >= 11 is 5.63. The predicted molar refractivity (Wildman–Crippen MR) is 128 cm³/mol. The maximum absolute atomic E-state index is 13.5. The number of rotatable bonds is 8. The van der Waals surface area contributed by atoms with Crippen LogP contribution in [0.15, 0.2) is 71.6 Å². The zero-order valence-electron chi connectivity index (χ0n) is 18.8. The van der Waals surface area contributed by atoms with Crippen molar-refractivity contribution in [3.05, 3.63) is 82.9 Å². The molecule has 35 heavy (non-hydrogen) atoms. The first-order valence-corrected chi connectivity index (χ1v) is 12.2. The van der Waals surface area contributed by atoms with E-state index in [1.54, 1.807) is 44.2 Å². The van der Waals surface area contributed by atoms with Gasteiger partial charge in [-0.1, -0.05) is 41.4 Å². The Morgan fingerprint density at radius 2 is 1.71 bits per heavy atom. The lowest BCUT2D eigenvalue weighted by Gasteiger charge is -2.26. The Hall–Kier alpha value is -3.24. The maximum Gasteiger partial charge on any atom is 0.417 e. The van der Waals surface area contributed by atoms with Crippen molar-refractivity contribution in [3.8, 4) is 5.75 Å². The molecule has 0 aliphatic rings. The van der Waals surface area contributed by atoms with Crippen LogP contribution in [0.5, 0.6) is 5.75 Å². The van der Waals surface area contributed by atoms with E-state index in [9.17, 15) is 26.4 Å². The highest BCUT2D eigenvalue weighted by Crippen LogP contribution is 2.36. The molecule has 3 aromatic carbocycles. The highest BCUT2D eigenvalue weighted by Gasteiger charge is 2.34. The summed E-state index contributed by atoms with van der Waals surface area (Å²) in [5.74, 6) is -0.633. The van der Waals surface area contributed by atoms with Gasteiger partial charge < -0.3 is 10.1 Å². The first-order chi connectivity index (χ1) is 16.4. The summed E-state index contributed by atoms with van der Waals surface area (Å²) in [5.41, 5.74) is -0.358. The first-order valence-electron chi connectivity index (χ1n) is 10.4. The van der Waals surface area contributed by atoms with Crippen LogP contribution < -0.4 is 14.4 Å². The van der Waals surface area contributed by atoms with E-state index in [1.165, 1.54) is 24.3 Å². The van der Waals surface area contributed by atoms with Crippen LogP contribution in [0.25, 0.3) is 0 Å². The van der Waals surface area contributed by atoms with Gasteiger partial charge in [0.15, 0.2) is 0 Å². The van der Waals surface area contributed by atoms with Crippen LogP contribution in [0.3, 0.4) is 0 Å². The minimum atomic E-state index is -4.73. The van der Waals surface area contributed by atoms with Crippen LogP contribution in [0, 0.1) is 6.92 Å². The Balaban J connectivity index is 1.99. The van der Waals surface area contributed by atoms with Crippen molar-refractivity contribution in [1.29, 1.82) is 0 Å². The minimum Gasteiger partial charge on any atom is -0.492 e. The van der Waals surface area contributed by atoms with E-state index < -0.39 is 39.2 Å². The zero-order valence-corrected chi connectivity index (χ0v) is 20.3. The predicted octanol–water partition coefficient (Wildman–Crippen LogP) is 5.90. The topological polar surface area (TPSA) is 75.7 Å². The smallest absolute Gasteiger partial charge is 0.417 e. The quantitative estimate of drug-likeness (QED) is 0.396. The van der Waals surface area contributed by atoms with Gasteiger partial charge in [0.25, 0.3) is 10.0 Å². The second-order valence-corrected chi connectivity index (χ2v) is 9.74. The number of hydrogen-bond donors (Lipinski definition) is 1. The third kappa shape index (κ3) is 6.26.